The first-order valence-electron chi connectivity index (χ1n) is 6.42. The van der Waals surface area contributed by atoms with Gasteiger partial charge in [-0.2, -0.15) is 0 Å². The minimum Gasteiger partial charge on any atom is -0.354 e. The lowest BCUT2D eigenvalue weighted by atomic mass is 9.74. The van der Waals surface area contributed by atoms with Gasteiger partial charge in [-0.3, -0.25) is 0 Å². The van der Waals surface area contributed by atoms with Crippen molar-refractivity contribution in [2.45, 2.75) is 39.5 Å². The SMILES string of the molecule is CCC1(CC)CCN(c2nccnc2Cl)CC1. The third-order valence-corrected chi connectivity index (χ3v) is 4.53. The number of hydrogen-bond acceptors (Lipinski definition) is 3. The fourth-order valence-corrected chi connectivity index (χ4v) is 2.90. The second-order valence-electron chi connectivity index (χ2n) is 4.86. The van der Waals surface area contributed by atoms with Crippen molar-refractivity contribution in [3.8, 4) is 0 Å². The summed E-state index contributed by atoms with van der Waals surface area (Å²) in [5.74, 6) is 0.843. The molecule has 1 aliphatic heterocycles. The molecule has 4 heteroatoms. The summed E-state index contributed by atoms with van der Waals surface area (Å²) in [4.78, 5) is 10.7. The van der Waals surface area contributed by atoms with E-state index >= 15 is 0 Å². The molecule has 0 aliphatic carbocycles. The van der Waals surface area contributed by atoms with Crippen molar-refractivity contribution in [3.63, 3.8) is 0 Å². The molecular formula is C13H20ClN3. The fraction of sp³-hybridized carbons (Fsp3) is 0.692. The molecule has 1 aromatic heterocycles. The van der Waals surface area contributed by atoms with E-state index in [1.165, 1.54) is 25.7 Å². The van der Waals surface area contributed by atoms with Gasteiger partial charge < -0.3 is 4.90 Å². The van der Waals surface area contributed by atoms with Gasteiger partial charge in [-0.1, -0.05) is 38.3 Å². The molecule has 1 fully saturated rings. The van der Waals surface area contributed by atoms with E-state index in [2.05, 4.69) is 28.7 Å². The highest BCUT2D eigenvalue weighted by atomic mass is 35.5. The van der Waals surface area contributed by atoms with Crippen LogP contribution in [0.25, 0.3) is 0 Å². The summed E-state index contributed by atoms with van der Waals surface area (Å²) in [6, 6.07) is 0. The van der Waals surface area contributed by atoms with Crippen LogP contribution in [-0.4, -0.2) is 23.1 Å². The Balaban J connectivity index is 2.07. The van der Waals surface area contributed by atoms with Crippen molar-refractivity contribution in [1.82, 2.24) is 9.97 Å². The molecule has 2 heterocycles. The lowest BCUT2D eigenvalue weighted by Crippen LogP contribution is -2.40. The second-order valence-corrected chi connectivity index (χ2v) is 5.22. The Morgan fingerprint density at radius 2 is 1.76 bits per heavy atom. The topological polar surface area (TPSA) is 29.0 Å². The average molecular weight is 254 g/mol. The molecule has 0 radical (unpaired) electrons. The van der Waals surface area contributed by atoms with Gasteiger partial charge in [0.25, 0.3) is 0 Å². The van der Waals surface area contributed by atoms with Gasteiger partial charge in [0.2, 0.25) is 0 Å². The van der Waals surface area contributed by atoms with Crippen molar-refractivity contribution in [2.75, 3.05) is 18.0 Å². The van der Waals surface area contributed by atoms with Crippen LogP contribution in [0.2, 0.25) is 5.15 Å². The molecule has 0 amide bonds. The predicted molar refractivity (Wildman–Crippen MR) is 71.5 cm³/mol. The van der Waals surface area contributed by atoms with Crippen molar-refractivity contribution >= 4 is 17.4 Å². The molecule has 1 saturated heterocycles. The first-order chi connectivity index (χ1) is 8.21. The smallest absolute Gasteiger partial charge is 0.171 e. The van der Waals surface area contributed by atoms with Crippen molar-refractivity contribution in [3.05, 3.63) is 17.5 Å². The van der Waals surface area contributed by atoms with E-state index in [9.17, 15) is 0 Å². The number of piperidine rings is 1. The maximum absolute atomic E-state index is 6.08. The first kappa shape index (κ1) is 12.6. The minimum atomic E-state index is 0.521. The summed E-state index contributed by atoms with van der Waals surface area (Å²) >= 11 is 6.08. The number of rotatable bonds is 3. The van der Waals surface area contributed by atoms with Gasteiger partial charge in [0, 0.05) is 25.5 Å². The number of anilines is 1. The standard InChI is InChI=1S/C13H20ClN3/c1-3-13(4-2)5-9-17(10-6-13)12-11(14)15-7-8-16-12/h7-8H,3-6,9-10H2,1-2H3. The van der Waals surface area contributed by atoms with Crippen LogP contribution in [0.4, 0.5) is 5.82 Å². The van der Waals surface area contributed by atoms with Gasteiger partial charge in [-0.05, 0) is 18.3 Å². The Hall–Kier alpha value is -0.830. The molecule has 3 nitrogen and oxygen atoms in total. The molecule has 1 aliphatic rings. The van der Waals surface area contributed by atoms with Crippen LogP contribution >= 0.6 is 11.6 Å². The van der Waals surface area contributed by atoms with Crippen molar-refractivity contribution < 1.29 is 0 Å². The van der Waals surface area contributed by atoms with E-state index in [1.54, 1.807) is 12.4 Å². The van der Waals surface area contributed by atoms with Gasteiger partial charge in [0.1, 0.15) is 0 Å². The maximum Gasteiger partial charge on any atom is 0.171 e. The van der Waals surface area contributed by atoms with E-state index in [1.807, 2.05) is 0 Å². The zero-order valence-electron chi connectivity index (χ0n) is 10.6. The summed E-state index contributed by atoms with van der Waals surface area (Å²) in [7, 11) is 0. The summed E-state index contributed by atoms with van der Waals surface area (Å²) in [5.41, 5.74) is 0.533. The average Bonchev–Trinajstić information content (AvgIpc) is 2.40. The monoisotopic (exact) mass is 253 g/mol. The minimum absolute atomic E-state index is 0.521. The zero-order chi connectivity index (χ0) is 12.3. The Morgan fingerprint density at radius 3 is 2.29 bits per heavy atom. The van der Waals surface area contributed by atoms with E-state index in [0.717, 1.165) is 18.9 Å². The molecule has 94 valence electrons. The second kappa shape index (κ2) is 5.21. The number of halogens is 1. The van der Waals surface area contributed by atoms with Gasteiger partial charge in [-0.15, -0.1) is 0 Å². The van der Waals surface area contributed by atoms with Crippen LogP contribution in [0, 0.1) is 5.41 Å². The molecule has 0 saturated carbocycles. The quantitative estimate of drug-likeness (QED) is 0.825. The highest BCUT2D eigenvalue weighted by Crippen LogP contribution is 2.39. The number of nitrogens with zero attached hydrogens (tertiary/aromatic N) is 3. The first-order valence-corrected chi connectivity index (χ1v) is 6.80. The molecule has 0 aromatic carbocycles. The highest BCUT2D eigenvalue weighted by molar-refractivity contribution is 6.31. The van der Waals surface area contributed by atoms with Gasteiger partial charge in [0.15, 0.2) is 11.0 Å². The van der Waals surface area contributed by atoms with Crippen LogP contribution in [0.5, 0.6) is 0 Å². The lowest BCUT2D eigenvalue weighted by molar-refractivity contribution is 0.199. The van der Waals surface area contributed by atoms with Crippen LogP contribution in [0.1, 0.15) is 39.5 Å². The number of aromatic nitrogens is 2. The molecule has 0 N–H and O–H groups in total. The molecule has 17 heavy (non-hydrogen) atoms. The molecule has 0 unspecified atom stereocenters. The van der Waals surface area contributed by atoms with Crippen LogP contribution in [0.15, 0.2) is 12.4 Å². The Labute approximate surface area is 108 Å². The molecule has 0 atom stereocenters. The van der Waals surface area contributed by atoms with E-state index in [0.29, 0.717) is 10.6 Å². The number of hydrogen-bond donors (Lipinski definition) is 0. The fourth-order valence-electron chi connectivity index (χ4n) is 2.68. The Morgan fingerprint density at radius 1 is 1.18 bits per heavy atom. The molecule has 2 rings (SSSR count). The zero-order valence-corrected chi connectivity index (χ0v) is 11.4. The third kappa shape index (κ3) is 2.54. The van der Waals surface area contributed by atoms with Crippen LogP contribution < -0.4 is 4.90 Å². The summed E-state index contributed by atoms with van der Waals surface area (Å²) in [6.07, 6.45) is 8.35. The largest absolute Gasteiger partial charge is 0.354 e. The maximum atomic E-state index is 6.08. The normalized spacial score (nSPS) is 19.4. The van der Waals surface area contributed by atoms with Gasteiger partial charge in [0.05, 0.1) is 0 Å². The van der Waals surface area contributed by atoms with E-state index in [4.69, 9.17) is 11.6 Å². The summed E-state index contributed by atoms with van der Waals surface area (Å²) in [5, 5.41) is 0.521. The third-order valence-electron chi connectivity index (χ3n) is 4.26. The predicted octanol–water partition coefficient (Wildman–Crippen LogP) is 3.54. The molecular weight excluding hydrogens is 234 g/mol. The molecule has 0 bridgehead atoms. The van der Waals surface area contributed by atoms with Crippen LogP contribution in [0.3, 0.4) is 0 Å². The highest BCUT2D eigenvalue weighted by Gasteiger charge is 2.32. The molecule has 1 aromatic rings. The summed E-state index contributed by atoms with van der Waals surface area (Å²) < 4.78 is 0. The van der Waals surface area contributed by atoms with Gasteiger partial charge >= 0.3 is 0 Å². The Kier molecular flexibility index (Phi) is 3.87. The lowest BCUT2D eigenvalue weighted by Gasteiger charge is -2.41. The van der Waals surface area contributed by atoms with E-state index in [-0.39, 0.29) is 0 Å². The van der Waals surface area contributed by atoms with Crippen molar-refractivity contribution in [2.24, 2.45) is 5.41 Å². The summed E-state index contributed by atoms with van der Waals surface area (Å²) in [6.45, 7) is 6.68. The molecule has 0 spiro atoms. The van der Waals surface area contributed by atoms with Gasteiger partial charge in [-0.25, -0.2) is 9.97 Å². The van der Waals surface area contributed by atoms with Crippen LogP contribution in [-0.2, 0) is 0 Å². The van der Waals surface area contributed by atoms with E-state index < -0.39 is 0 Å². The Bertz CT molecular complexity index is 367. The van der Waals surface area contributed by atoms with Crippen molar-refractivity contribution in [1.29, 1.82) is 0 Å².